The van der Waals surface area contributed by atoms with Crippen molar-refractivity contribution in [3.63, 3.8) is 0 Å². The number of morpholine rings is 1. The third kappa shape index (κ3) is 3.84. The Hall–Kier alpha value is -1.83. The maximum atomic E-state index is 12.8. The summed E-state index contributed by atoms with van der Waals surface area (Å²) in [7, 11) is 0. The van der Waals surface area contributed by atoms with Crippen LogP contribution in [0.4, 0.5) is 0 Å². The molecule has 1 aliphatic rings. The highest BCUT2D eigenvalue weighted by atomic mass is 16.5. The number of ether oxygens (including phenoxy) is 1. The van der Waals surface area contributed by atoms with Crippen molar-refractivity contribution < 1.29 is 9.53 Å². The van der Waals surface area contributed by atoms with E-state index in [0.717, 1.165) is 11.1 Å². The van der Waals surface area contributed by atoms with E-state index in [1.165, 1.54) is 0 Å². The van der Waals surface area contributed by atoms with E-state index < -0.39 is 0 Å². The number of benzene rings is 1. The van der Waals surface area contributed by atoms with Gasteiger partial charge in [0, 0.05) is 18.7 Å². The lowest BCUT2D eigenvalue weighted by molar-refractivity contribution is -0.0764. The van der Waals surface area contributed by atoms with Crippen LogP contribution in [0, 0.1) is 18.8 Å². The quantitative estimate of drug-likeness (QED) is 0.797. The molecular formula is C17H22N2O2. The molecule has 1 saturated heterocycles. The first kappa shape index (κ1) is 15.6. The lowest BCUT2D eigenvalue weighted by Gasteiger charge is -2.38. The van der Waals surface area contributed by atoms with Gasteiger partial charge >= 0.3 is 0 Å². The highest BCUT2D eigenvalue weighted by Crippen LogP contribution is 2.20. The van der Waals surface area contributed by atoms with Crippen LogP contribution in [0.1, 0.15) is 35.3 Å². The zero-order valence-electron chi connectivity index (χ0n) is 12.9. The molecule has 0 aliphatic carbocycles. The summed E-state index contributed by atoms with van der Waals surface area (Å²) < 4.78 is 5.66. The Morgan fingerprint density at radius 1 is 1.48 bits per heavy atom. The molecule has 2 N–H and O–H groups in total. The predicted molar refractivity (Wildman–Crippen MR) is 83.0 cm³/mol. The molecule has 0 saturated carbocycles. The topological polar surface area (TPSA) is 55.6 Å². The molecule has 0 bridgehead atoms. The SMILES string of the molecule is Cc1ccc(C#CCN)c(C(=O)N2CCOC(C)(C)C2)c1. The summed E-state index contributed by atoms with van der Waals surface area (Å²) in [4.78, 5) is 14.6. The van der Waals surface area contributed by atoms with Crippen LogP contribution < -0.4 is 5.73 Å². The molecule has 1 amide bonds. The summed E-state index contributed by atoms with van der Waals surface area (Å²) in [6.07, 6.45) is 0. The molecule has 4 nitrogen and oxygen atoms in total. The minimum Gasteiger partial charge on any atom is -0.372 e. The summed E-state index contributed by atoms with van der Waals surface area (Å²) in [5, 5.41) is 0. The maximum absolute atomic E-state index is 12.8. The van der Waals surface area contributed by atoms with E-state index in [9.17, 15) is 4.79 Å². The molecule has 1 aromatic carbocycles. The number of carbonyl (C=O) groups excluding carboxylic acids is 1. The van der Waals surface area contributed by atoms with Gasteiger partial charge in [0.15, 0.2) is 0 Å². The molecule has 4 heteroatoms. The molecule has 0 unspecified atom stereocenters. The van der Waals surface area contributed by atoms with Gasteiger partial charge in [0.25, 0.3) is 5.91 Å². The molecule has 1 aromatic rings. The van der Waals surface area contributed by atoms with Crippen LogP contribution in [0.3, 0.4) is 0 Å². The fraction of sp³-hybridized carbons (Fsp3) is 0.471. The first-order chi connectivity index (χ1) is 9.93. The number of hydrogen-bond acceptors (Lipinski definition) is 3. The Kier molecular flexibility index (Phi) is 4.66. The highest BCUT2D eigenvalue weighted by molar-refractivity contribution is 5.97. The van der Waals surface area contributed by atoms with E-state index in [-0.39, 0.29) is 18.1 Å². The van der Waals surface area contributed by atoms with E-state index in [4.69, 9.17) is 10.5 Å². The minimum atomic E-state index is -0.305. The fourth-order valence-electron chi connectivity index (χ4n) is 2.45. The molecule has 1 fully saturated rings. The molecule has 1 heterocycles. The van der Waals surface area contributed by atoms with Gasteiger partial charge in [-0.1, -0.05) is 23.5 Å². The largest absolute Gasteiger partial charge is 0.372 e. The molecule has 0 atom stereocenters. The number of aryl methyl sites for hydroxylation is 1. The number of hydrogen-bond donors (Lipinski definition) is 1. The Morgan fingerprint density at radius 2 is 2.24 bits per heavy atom. The summed E-state index contributed by atoms with van der Waals surface area (Å²) in [6.45, 7) is 8.01. The van der Waals surface area contributed by atoms with E-state index >= 15 is 0 Å². The van der Waals surface area contributed by atoms with Gasteiger partial charge in [0.1, 0.15) is 0 Å². The highest BCUT2D eigenvalue weighted by Gasteiger charge is 2.31. The molecule has 0 radical (unpaired) electrons. The predicted octanol–water partition coefficient (Wildman–Crippen LogP) is 1.56. The Balaban J connectivity index is 2.31. The Morgan fingerprint density at radius 3 is 2.90 bits per heavy atom. The molecule has 2 rings (SSSR count). The van der Waals surface area contributed by atoms with Crippen LogP contribution in [-0.2, 0) is 4.74 Å². The van der Waals surface area contributed by atoms with Crippen molar-refractivity contribution in [1.82, 2.24) is 4.90 Å². The third-order valence-corrected chi connectivity index (χ3v) is 3.44. The van der Waals surface area contributed by atoms with Gasteiger partial charge in [-0.25, -0.2) is 0 Å². The van der Waals surface area contributed by atoms with Crippen LogP contribution in [0.25, 0.3) is 0 Å². The van der Waals surface area contributed by atoms with Gasteiger partial charge in [0.05, 0.1) is 24.3 Å². The van der Waals surface area contributed by atoms with Crippen molar-refractivity contribution in [3.8, 4) is 11.8 Å². The second-order valence-corrected chi connectivity index (χ2v) is 5.89. The monoisotopic (exact) mass is 286 g/mol. The van der Waals surface area contributed by atoms with Crippen molar-refractivity contribution in [1.29, 1.82) is 0 Å². The van der Waals surface area contributed by atoms with E-state index in [2.05, 4.69) is 11.8 Å². The summed E-state index contributed by atoms with van der Waals surface area (Å²) in [5.41, 5.74) is 7.55. The number of carbonyl (C=O) groups is 1. The zero-order valence-corrected chi connectivity index (χ0v) is 12.9. The van der Waals surface area contributed by atoms with Crippen molar-refractivity contribution in [2.24, 2.45) is 5.73 Å². The minimum absolute atomic E-state index is 0.0106. The van der Waals surface area contributed by atoms with Crippen LogP contribution in [0.2, 0.25) is 0 Å². The maximum Gasteiger partial charge on any atom is 0.255 e. The summed E-state index contributed by atoms with van der Waals surface area (Å²) in [5.74, 6) is 5.82. The van der Waals surface area contributed by atoms with Crippen molar-refractivity contribution in [2.45, 2.75) is 26.4 Å². The lowest BCUT2D eigenvalue weighted by atomic mass is 10.0. The number of amides is 1. The van der Waals surface area contributed by atoms with Crippen molar-refractivity contribution in [3.05, 3.63) is 34.9 Å². The van der Waals surface area contributed by atoms with Crippen LogP contribution in [0.5, 0.6) is 0 Å². The van der Waals surface area contributed by atoms with Gasteiger partial charge in [-0.05, 0) is 32.9 Å². The number of nitrogens with zero attached hydrogens (tertiary/aromatic N) is 1. The van der Waals surface area contributed by atoms with Crippen LogP contribution in [-0.4, -0.2) is 42.6 Å². The Bertz CT molecular complexity index is 597. The first-order valence-corrected chi connectivity index (χ1v) is 7.16. The average Bonchev–Trinajstić information content (AvgIpc) is 2.44. The zero-order chi connectivity index (χ0) is 15.5. The van der Waals surface area contributed by atoms with E-state index in [1.54, 1.807) is 0 Å². The Labute approximate surface area is 126 Å². The molecule has 112 valence electrons. The van der Waals surface area contributed by atoms with Gasteiger partial charge in [-0.15, -0.1) is 0 Å². The second-order valence-electron chi connectivity index (χ2n) is 5.89. The second kappa shape index (κ2) is 6.30. The smallest absolute Gasteiger partial charge is 0.255 e. The van der Waals surface area contributed by atoms with Crippen LogP contribution >= 0.6 is 0 Å². The van der Waals surface area contributed by atoms with Crippen molar-refractivity contribution in [2.75, 3.05) is 26.2 Å². The molecule has 0 spiro atoms. The lowest BCUT2D eigenvalue weighted by Crippen LogP contribution is -2.50. The molecule has 21 heavy (non-hydrogen) atoms. The van der Waals surface area contributed by atoms with Gasteiger partial charge < -0.3 is 15.4 Å². The van der Waals surface area contributed by atoms with Crippen LogP contribution in [0.15, 0.2) is 18.2 Å². The number of rotatable bonds is 1. The normalized spacial score (nSPS) is 17.0. The van der Waals surface area contributed by atoms with E-state index in [1.807, 2.05) is 43.9 Å². The first-order valence-electron chi connectivity index (χ1n) is 7.16. The van der Waals surface area contributed by atoms with Crippen molar-refractivity contribution >= 4 is 5.91 Å². The number of nitrogens with two attached hydrogens (primary N) is 1. The fourth-order valence-corrected chi connectivity index (χ4v) is 2.45. The molecular weight excluding hydrogens is 264 g/mol. The molecule has 0 aromatic heterocycles. The summed E-state index contributed by atoms with van der Waals surface area (Å²) >= 11 is 0. The van der Waals surface area contributed by atoms with Gasteiger partial charge in [0.2, 0.25) is 0 Å². The summed E-state index contributed by atoms with van der Waals surface area (Å²) in [6, 6.07) is 5.74. The molecule has 1 aliphatic heterocycles. The van der Waals surface area contributed by atoms with Gasteiger partial charge in [-0.3, -0.25) is 4.79 Å². The van der Waals surface area contributed by atoms with Gasteiger partial charge in [-0.2, -0.15) is 0 Å². The standard InChI is InChI=1S/C17H22N2O2/c1-13-6-7-14(5-4-8-18)15(11-13)16(20)19-9-10-21-17(2,3)12-19/h6-7,11H,8-10,12,18H2,1-3H3. The third-order valence-electron chi connectivity index (χ3n) is 3.44. The van der Waals surface area contributed by atoms with E-state index in [0.29, 0.717) is 25.3 Å². The average molecular weight is 286 g/mol.